The Hall–Kier alpha value is -0.690. The fraction of sp³-hybridized carbons (Fsp3) is 0.941. The van der Waals surface area contributed by atoms with Crippen molar-refractivity contribution in [2.75, 3.05) is 60.2 Å². The number of amides is 1. The highest BCUT2D eigenvalue weighted by Gasteiger charge is 2.36. The van der Waals surface area contributed by atoms with Crippen LogP contribution in [0.1, 0.15) is 32.1 Å². The summed E-state index contributed by atoms with van der Waals surface area (Å²) in [7, 11) is 3.41. The summed E-state index contributed by atoms with van der Waals surface area (Å²) >= 11 is 0. The summed E-state index contributed by atoms with van der Waals surface area (Å²) in [6.07, 6.45) is 5.79. The highest BCUT2D eigenvalue weighted by atomic mass is 16.5. The summed E-state index contributed by atoms with van der Waals surface area (Å²) < 4.78 is 16.2. The molecule has 1 amide bonds. The molecule has 0 bridgehead atoms. The molecule has 2 aliphatic rings. The van der Waals surface area contributed by atoms with Gasteiger partial charge < -0.3 is 19.1 Å². The zero-order valence-corrected chi connectivity index (χ0v) is 14.7. The lowest BCUT2D eigenvalue weighted by atomic mass is 9.90. The van der Waals surface area contributed by atoms with E-state index in [0.717, 1.165) is 45.5 Å². The van der Waals surface area contributed by atoms with E-state index in [4.69, 9.17) is 14.2 Å². The Morgan fingerprint density at radius 3 is 2.74 bits per heavy atom. The number of ether oxygens (including phenoxy) is 3. The molecule has 1 aliphatic heterocycles. The van der Waals surface area contributed by atoms with Gasteiger partial charge in [-0.15, -0.1) is 0 Å². The maximum absolute atomic E-state index is 12.8. The number of carbonyl (C=O) groups excluding carboxylic acids is 1. The summed E-state index contributed by atoms with van der Waals surface area (Å²) in [6.45, 7) is 4.89. The van der Waals surface area contributed by atoms with Gasteiger partial charge in [0.25, 0.3) is 0 Å². The molecule has 134 valence electrons. The van der Waals surface area contributed by atoms with Gasteiger partial charge in [0, 0.05) is 40.5 Å². The zero-order chi connectivity index (χ0) is 16.5. The Morgan fingerprint density at radius 2 is 1.96 bits per heavy atom. The van der Waals surface area contributed by atoms with Gasteiger partial charge in [-0.2, -0.15) is 0 Å². The second-order valence-electron chi connectivity index (χ2n) is 6.46. The molecule has 0 N–H and O–H groups in total. The third kappa shape index (κ3) is 5.71. The van der Waals surface area contributed by atoms with E-state index in [-0.39, 0.29) is 18.1 Å². The van der Waals surface area contributed by atoms with E-state index < -0.39 is 0 Å². The van der Waals surface area contributed by atoms with Crippen molar-refractivity contribution in [2.24, 2.45) is 0 Å². The number of rotatable bonds is 9. The summed E-state index contributed by atoms with van der Waals surface area (Å²) in [4.78, 5) is 17.1. The van der Waals surface area contributed by atoms with Gasteiger partial charge in [-0.05, 0) is 19.3 Å². The van der Waals surface area contributed by atoms with E-state index in [1.54, 1.807) is 14.2 Å². The van der Waals surface area contributed by atoms with Gasteiger partial charge in [0.05, 0.1) is 31.9 Å². The van der Waals surface area contributed by atoms with E-state index in [2.05, 4.69) is 9.80 Å². The number of carbonyl (C=O) groups is 1. The molecule has 0 aromatic heterocycles. The second kappa shape index (κ2) is 10.2. The van der Waals surface area contributed by atoms with Crippen LogP contribution in [0.25, 0.3) is 0 Å². The van der Waals surface area contributed by atoms with Crippen LogP contribution >= 0.6 is 0 Å². The molecular formula is C17H32N2O4. The molecule has 1 saturated carbocycles. The highest BCUT2D eigenvalue weighted by Crippen LogP contribution is 2.28. The fourth-order valence-electron chi connectivity index (χ4n) is 3.61. The molecule has 2 rings (SSSR count). The molecule has 2 fully saturated rings. The highest BCUT2D eigenvalue weighted by molar-refractivity contribution is 5.78. The monoisotopic (exact) mass is 328 g/mol. The molecule has 0 spiro atoms. The summed E-state index contributed by atoms with van der Waals surface area (Å²) in [5.74, 6) is 0.235. The predicted molar refractivity (Wildman–Crippen MR) is 88.5 cm³/mol. The predicted octanol–water partition coefficient (Wildman–Crippen LogP) is 1.14. The number of morpholine rings is 1. The van der Waals surface area contributed by atoms with Gasteiger partial charge in [0.15, 0.2) is 0 Å². The van der Waals surface area contributed by atoms with Crippen LogP contribution in [0.4, 0.5) is 0 Å². The molecule has 0 aromatic carbocycles. The lowest BCUT2D eigenvalue weighted by Crippen LogP contribution is -2.57. The van der Waals surface area contributed by atoms with Crippen molar-refractivity contribution in [3.63, 3.8) is 0 Å². The van der Waals surface area contributed by atoms with Gasteiger partial charge in [0.1, 0.15) is 0 Å². The Balaban J connectivity index is 1.87. The van der Waals surface area contributed by atoms with E-state index in [0.29, 0.717) is 19.8 Å². The molecule has 2 atom stereocenters. The van der Waals surface area contributed by atoms with Crippen molar-refractivity contribution < 1.29 is 19.0 Å². The van der Waals surface area contributed by atoms with E-state index in [9.17, 15) is 4.79 Å². The van der Waals surface area contributed by atoms with Crippen molar-refractivity contribution >= 4 is 5.91 Å². The van der Waals surface area contributed by atoms with Crippen LogP contribution in [-0.4, -0.2) is 88.1 Å². The molecular weight excluding hydrogens is 296 g/mol. The van der Waals surface area contributed by atoms with Crippen LogP contribution in [0.15, 0.2) is 0 Å². The molecule has 0 radical (unpaired) electrons. The third-order valence-electron chi connectivity index (χ3n) is 4.85. The van der Waals surface area contributed by atoms with Gasteiger partial charge >= 0.3 is 0 Å². The Labute approximate surface area is 140 Å². The van der Waals surface area contributed by atoms with Crippen LogP contribution in [0, 0.1) is 0 Å². The van der Waals surface area contributed by atoms with Gasteiger partial charge in [0.2, 0.25) is 5.91 Å². The first-order valence-electron chi connectivity index (χ1n) is 8.87. The quantitative estimate of drug-likeness (QED) is 0.594. The summed E-state index contributed by atoms with van der Waals surface area (Å²) in [6, 6.07) is 0.285. The standard InChI is InChI=1S/C17H32N2O4/c1-21-11-5-8-18(9-12-22-2)14-17(20)19-10-13-23-16-7-4-3-6-15(16)19/h15-16H,3-14H2,1-2H3. The maximum atomic E-state index is 12.8. The second-order valence-corrected chi connectivity index (χ2v) is 6.46. The average Bonchev–Trinajstić information content (AvgIpc) is 2.59. The van der Waals surface area contributed by atoms with Crippen LogP contribution in [0.3, 0.4) is 0 Å². The number of hydrogen-bond acceptors (Lipinski definition) is 5. The topological polar surface area (TPSA) is 51.2 Å². The molecule has 1 aliphatic carbocycles. The van der Waals surface area contributed by atoms with Crippen LogP contribution in [0.5, 0.6) is 0 Å². The minimum atomic E-state index is 0.235. The van der Waals surface area contributed by atoms with Gasteiger partial charge in [-0.1, -0.05) is 12.8 Å². The number of hydrogen-bond donors (Lipinski definition) is 0. The first-order valence-corrected chi connectivity index (χ1v) is 8.87. The summed E-state index contributed by atoms with van der Waals surface area (Å²) in [5.41, 5.74) is 0. The van der Waals surface area contributed by atoms with Gasteiger partial charge in [-0.3, -0.25) is 9.69 Å². The van der Waals surface area contributed by atoms with Crippen molar-refractivity contribution in [2.45, 2.75) is 44.2 Å². The summed E-state index contributed by atoms with van der Waals surface area (Å²) in [5, 5.41) is 0. The molecule has 23 heavy (non-hydrogen) atoms. The van der Waals surface area contributed by atoms with E-state index >= 15 is 0 Å². The third-order valence-corrected chi connectivity index (χ3v) is 4.85. The lowest BCUT2D eigenvalue weighted by molar-refractivity contribution is -0.150. The minimum absolute atomic E-state index is 0.235. The first kappa shape index (κ1) is 18.6. The minimum Gasteiger partial charge on any atom is -0.385 e. The number of nitrogens with zero attached hydrogens (tertiary/aromatic N) is 2. The molecule has 6 heteroatoms. The zero-order valence-electron chi connectivity index (χ0n) is 14.7. The van der Waals surface area contributed by atoms with Crippen LogP contribution in [-0.2, 0) is 19.0 Å². The van der Waals surface area contributed by atoms with Crippen molar-refractivity contribution in [3.8, 4) is 0 Å². The largest absolute Gasteiger partial charge is 0.385 e. The van der Waals surface area contributed by atoms with Gasteiger partial charge in [-0.25, -0.2) is 0 Å². The molecule has 1 heterocycles. The van der Waals surface area contributed by atoms with E-state index in [1.807, 2.05) is 0 Å². The van der Waals surface area contributed by atoms with Crippen molar-refractivity contribution in [3.05, 3.63) is 0 Å². The normalized spacial score (nSPS) is 24.7. The molecule has 6 nitrogen and oxygen atoms in total. The molecule has 1 saturated heterocycles. The fourth-order valence-corrected chi connectivity index (χ4v) is 3.61. The average molecular weight is 328 g/mol. The SMILES string of the molecule is COCCCN(CCOC)CC(=O)N1CCOC2CCCCC21. The number of methoxy groups -OCH3 is 2. The van der Waals surface area contributed by atoms with Crippen LogP contribution in [0.2, 0.25) is 0 Å². The molecule has 0 aromatic rings. The lowest BCUT2D eigenvalue weighted by Gasteiger charge is -2.44. The smallest absolute Gasteiger partial charge is 0.237 e. The van der Waals surface area contributed by atoms with Crippen molar-refractivity contribution in [1.29, 1.82) is 0 Å². The first-order chi connectivity index (χ1) is 11.3. The number of fused-ring (bicyclic) bond motifs is 1. The van der Waals surface area contributed by atoms with Crippen LogP contribution < -0.4 is 0 Å². The Morgan fingerprint density at radius 1 is 1.17 bits per heavy atom. The molecule has 2 unspecified atom stereocenters. The Kier molecular flexibility index (Phi) is 8.30. The van der Waals surface area contributed by atoms with E-state index in [1.165, 1.54) is 12.8 Å². The van der Waals surface area contributed by atoms with Crippen molar-refractivity contribution in [1.82, 2.24) is 9.80 Å². The Bertz CT molecular complexity index is 351. The maximum Gasteiger partial charge on any atom is 0.237 e.